The van der Waals surface area contributed by atoms with Gasteiger partial charge < -0.3 is 10.5 Å². The number of halogens is 1. The van der Waals surface area contributed by atoms with Crippen LogP contribution in [0.3, 0.4) is 0 Å². The van der Waals surface area contributed by atoms with Crippen LogP contribution in [0, 0.1) is 0 Å². The Bertz CT molecular complexity index is 598. The number of hydrogen-bond donors (Lipinski definition) is 1. The number of ether oxygens (including phenoxy) is 1. The quantitative estimate of drug-likeness (QED) is 0.928. The maximum absolute atomic E-state index is 5.96. The summed E-state index contributed by atoms with van der Waals surface area (Å²) in [6.07, 6.45) is 5.25. The van der Waals surface area contributed by atoms with Crippen LogP contribution >= 0.6 is 15.9 Å². The van der Waals surface area contributed by atoms with E-state index in [1.54, 1.807) is 6.20 Å². The van der Waals surface area contributed by atoms with Gasteiger partial charge in [-0.05, 0) is 29.3 Å². The second-order valence-electron chi connectivity index (χ2n) is 4.40. The van der Waals surface area contributed by atoms with E-state index in [2.05, 4.69) is 33.0 Å². The Morgan fingerprint density at radius 3 is 3.06 bits per heavy atom. The molecule has 18 heavy (non-hydrogen) atoms. The van der Waals surface area contributed by atoms with Crippen molar-refractivity contribution in [2.45, 2.75) is 12.8 Å². The number of anilines is 1. The Balaban J connectivity index is 2.01. The first kappa shape index (κ1) is 11.5. The van der Waals surface area contributed by atoms with Crippen LogP contribution in [0.15, 0.2) is 35.1 Å². The molecule has 0 saturated heterocycles. The minimum atomic E-state index is 0.751. The molecule has 0 aliphatic carbocycles. The summed E-state index contributed by atoms with van der Waals surface area (Å²) in [6, 6.07) is 6.05. The van der Waals surface area contributed by atoms with Crippen molar-refractivity contribution >= 4 is 21.6 Å². The second-order valence-corrected chi connectivity index (χ2v) is 5.32. The monoisotopic (exact) mass is 304 g/mol. The van der Waals surface area contributed by atoms with Gasteiger partial charge >= 0.3 is 0 Å². The molecule has 0 saturated carbocycles. The lowest BCUT2D eigenvalue weighted by molar-refractivity contribution is 0.354. The molecular formula is C14H13BrN2O. The van der Waals surface area contributed by atoms with Crippen molar-refractivity contribution in [1.82, 2.24) is 4.98 Å². The van der Waals surface area contributed by atoms with Crippen LogP contribution < -0.4 is 10.5 Å². The van der Waals surface area contributed by atoms with E-state index >= 15 is 0 Å². The highest BCUT2D eigenvalue weighted by molar-refractivity contribution is 9.10. The fourth-order valence-corrected chi connectivity index (χ4v) is 2.82. The van der Waals surface area contributed by atoms with Gasteiger partial charge in [-0.15, -0.1) is 0 Å². The molecule has 0 radical (unpaired) electrons. The molecule has 2 heterocycles. The topological polar surface area (TPSA) is 48.1 Å². The van der Waals surface area contributed by atoms with Gasteiger partial charge in [-0.25, -0.2) is 0 Å². The molecule has 2 N–H and O–H groups in total. The largest absolute Gasteiger partial charge is 0.493 e. The average molecular weight is 305 g/mol. The zero-order chi connectivity index (χ0) is 12.5. The molecular weight excluding hydrogens is 292 g/mol. The van der Waals surface area contributed by atoms with Crippen molar-refractivity contribution < 1.29 is 4.74 Å². The Morgan fingerprint density at radius 1 is 1.33 bits per heavy atom. The molecule has 0 atom stereocenters. The van der Waals surface area contributed by atoms with Gasteiger partial charge in [-0.1, -0.05) is 15.9 Å². The molecule has 1 aromatic carbocycles. The number of nitrogens with zero attached hydrogens (tertiary/aromatic N) is 1. The lowest BCUT2D eigenvalue weighted by atomic mass is 10.0. The summed E-state index contributed by atoms with van der Waals surface area (Å²) in [7, 11) is 0. The van der Waals surface area contributed by atoms with E-state index in [-0.39, 0.29) is 0 Å². The zero-order valence-electron chi connectivity index (χ0n) is 9.82. The number of aromatic nitrogens is 1. The van der Waals surface area contributed by atoms with Crippen molar-refractivity contribution in [2.24, 2.45) is 0 Å². The van der Waals surface area contributed by atoms with Gasteiger partial charge in [-0.2, -0.15) is 0 Å². The van der Waals surface area contributed by atoms with Crippen LogP contribution in [-0.4, -0.2) is 11.6 Å². The fourth-order valence-electron chi connectivity index (χ4n) is 2.27. The van der Waals surface area contributed by atoms with E-state index in [0.29, 0.717) is 0 Å². The van der Waals surface area contributed by atoms with Gasteiger partial charge in [0.2, 0.25) is 0 Å². The fraction of sp³-hybridized carbons (Fsp3) is 0.214. The van der Waals surface area contributed by atoms with E-state index in [0.717, 1.165) is 46.5 Å². The molecule has 92 valence electrons. The third-order valence-electron chi connectivity index (χ3n) is 3.15. The minimum absolute atomic E-state index is 0.751. The molecule has 3 nitrogen and oxygen atoms in total. The van der Waals surface area contributed by atoms with E-state index < -0.39 is 0 Å². The molecule has 0 unspecified atom stereocenters. The number of benzene rings is 1. The standard InChI is InChI=1S/C14H13BrN2O/c15-12-6-9-2-4-18-14(9)10(7-12)5-11-8-17-3-1-13(11)16/h1,3,6-8H,2,4-5H2,(H2,16,17). The first-order valence-corrected chi connectivity index (χ1v) is 6.66. The number of hydrogen-bond acceptors (Lipinski definition) is 3. The highest BCUT2D eigenvalue weighted by Gasteiger charge is 2.18. The van der Waals surface area contributed by atoms with Crippen LogP contribution in [0.25, 0.3) is 0 Å². The van der Waals surface area contributed by atoms with Gasteiger partial charge in [-0.3, -0.25) is 4.98 Å². The van der Waals surface area contributed by atoms with Gasteiger partial charge in [0.25, 0.3) is 0 Å². The molecule has 0 fully saturated rings. The van der Waals surface area contributed by atoms with Crippen LogP contribution in [0.1, 0.15) is 16.7 Å². The Hall–Kier alpha value is -1.55. The van der Waals surface area contributed by atoms with Gasteiger partial charge in [0.1, 0.15) is 5.75 Å². The van der Waals surface area contributed by atoms with Gasteiger partial charge in [0.05, 0.1) is 6.61 Å². The zero-order valence-corrected chi connectivity index (χ0v) is 11.4. The summed E-state index contributed by atoms with van der Waals surface area (Å²) in [4.78, 5) is 4.13. The summed E-state index contributed by atoms with van der Waals surface area (Å²) >= 11 is 3.55. The molecule has 1 aromatic heterocycles. The summed E-state index contributed by atoms with van der Waals surface area (Å²) in [5, 5.41) is 0. The van der Waals surface area contributed by atoms with E-state index in [1.165, 1.54) is 5.56 Å². The highest BCUT2D eigenvalue weighted by atomic mass is 79.9. The van der Waals surface area contributed by atoms with Crippen molar-refractivity contribution in [2.75, 3.05) is 12.3 Å². The molecule has 3 rings (SSSR count). The summed E-state index contributed by atoms with van der Waals surface area (Å²) in [5.74, 6) is 1.02. The van der Waals surface area contributed by atoms with Crippen LogP contribution in [0.5, 0.6) is 5.75 Å². The van der Waals surface area contributed by atoms with Crippen LogP contribution in [-0.2, 0) is 12.8 Å². The summed E-state index contributed by atoms with van der Waals surface area (Å²) in [5.41, 5.74) is 10.2. The third kappa shape index (κ3) is 2.08. The predicted octanol–water partition coefficient (Wildman–Crippen LogP) is 2.95. The maximum Gasteiger partial charge on any atom is 0.126 e. The number of nitrogens with two attached hydrogens (primary N) is 1. The lowest BCUT2D eigenvalue weighted by Gasteiger charge is -2.10. The Kier molecular flexibility index (Phi) is 2.96. The molecule has 2 aromatic rings. The normalized spacial score (nSPS) is 13.2. The van der Waals surface area contributed by atoms with Crippen molar-refractivity contribution in [3.63, 3.8) is 0 Å². The van der Waals surface area contributed by atoms with Crippen molar-refractivity contribution in [1.29, 1.82) is 0 Å². The SMILES string of the molecule is Nc1ccncc1Cc1cc(Br)cc2c1OCC2. The number of rotatable bonds is 2. The molecule has 0 spiro atoms. The van der Waals surface area contributed by atoms with E-state index in [4.69, 9.17) is 10.5 Å². The summed E-state index contributed by atoms with van der Waals surface area (Å²) < 4.78 is 6.80. The molecule has 1 aliphatic rings. The molecule has 0 amide bonds. The van der Waals surface area contributed by atoms with E-state index in [9.17, 15) is 0 Å². The minimum Gasteiger partial charge on any atom is -0.493 e. The molecule has 4 heteroatoms. The van der Waals surface area contributed by atoms with Crippen molar-refractivity contribution in [3.05, 3.63) is 51.8 Å². The van der Waals surface area contributed by atoms with Crippen molar-refractivity contribution in [3.8, 4) is 5.75 Å². The highest BCUT2D eigenvalue weighted by Crippen LogP contribution is 2.34. The Labute approximate surface area is 114 Å². The lowest BCUT2D eigenvalue weighted by Crippen LogP contribution is -1.98. The predicted molar refractivity (Wildman–Crippen MR) is 74.8 cm³/mol. The smallest absolute Gasteiger partial charge is 0.126 e. The average Bonchev–Trinajstić information content (AvgIpc) is 2.80. The molecule has 1 aliphatic heterocycles. The third-order valence-corrected chi connectivity index (χ3v) is 3.61. The summed E-state index contributed by atoms with van der Waals surface area (Å²) in [6.45, 7) is 0.765. The van der Waals surface area contributed by atoms with Crippen LogP contribution in [0.2, 0.25) is 0 Å². The molecule has 0 bridgehead atoms. The maximum atomic E-state index is 5.96. The number of fused-ring (bicyclic) bond motifs is 1. The first-order chi connectivity index (χ1) is 8.74. The first-order valence-electron chi connectivity index (χ1n) is 5.86. The van der Waals surface area contributed by atoms with Crippen LogP contribution in [0.4, 0.5) is 5.69 Å². The number of nitrogen functional groups attached to an aromatic ring is 1. The Morgan fingerprint density at radius 2 is 2.22 bits per heavy atom. The van der Waals surface area contributed by atoms with Gasteiger partial charge in [0, 0.05) is 41.0 Å². The number of pyridine rings is 1. The van der Waals surface area contributed by atoms with E-state index in [1.807, 2.05) is 12.3 Å². The van der Waals surface area contributed by atoms with Gasteiger partial charge in [0.15, 0.2) is 0 Å². The second kappa shape index (κ2) is 4.61.